The number of likely N-dealkylation sites (N-methyl/N-ethyl adjacent to an activating group) is 1. The minimum absolute atomic E-state index is 0.196. The molecule has 0 radical (unpaired) electrons. The van der Waals surface area contributed by atoms with E-state index in [1.54, 1.807) is 6.26 Å². The van der Waals surface area contributed by atoms with Gasteiger partial charge in [0.05, 0.1) is 25.2 Å². The highest BCUT2D eigenvalue weighted by atomic mass is 16.5. The van der Waals surface area contributed by atoms with Crippen LogP contribution in [0.3, 0.4) is 0 Å². The molecule has 3 atom stereocenters. The van der Waals surface area contributed by atoms with E-state index in [9.17, 15) is 0 Å². The van der Waals surface area contributed by atoms with Crippen LogP contribution in [0.4, 0.5) is 0 Å². The predicted molar refractivity (Wildman–Crippen MR) is 80.2 cm³/mol. The van der Waals surface area contributed by atoms with Crippen molar-refractivity contribution in [3.8, 4) is 0 Å². The van der Waals surface area contributed by atoms with E-state index in [4.69, 9.17) is 13.9 Å². The van der Waals surface area contributed by atoms with Crippen molar-refractivity contribution in [2.45, 2.75) is 37.6 Å². The lowest BCUT2D eigenvalue weighted by atomic mass is 10.0. The second kappa shape index (κ2) is 6.92. The zero-order valence-corrected chi connectivity index (χ0v) is 13.0. The Balaban J connectivity index is 1.60. The zero-order chi connectivity index (χ0) is 14.7. The van der Waals surface area contributed by atoms with Crippen molar-refractivity contribution in [3.63, 3.8) is 0 Å². The Morgan fingerprint density at radius 2 is 2.33 bits per heavy atom. The molecule has 5 heteroatoms. The Kier molecular flexibility index (Phi) is 4.95. The Morgan fingerprint density at radius 1 is 1.43 bits per heavy atom. The largest absolute Gasteiger partial charge is 0.472 e. The third kappa shape index (κ3) is 3.66. The molecule has 0 amide bonds. The van der Waals surface area contributed by atoms with Gasteiger partial charge in [0.15, 0.2) is 0 Å². The molecule has 0 bridgehead atoms. The van der Waals surface area contributed by atoms with E-state index in [0.29, 0.717) is 6.04 Å². The quantitative estimate of drug-likeness (QED) is 0.796. The van der Waals surface area contributed by atoms with Crippen LogP contribution in [0.15, 0.2) is 23.0 Å². The van der Waals surface area contributed by atoms with Crippen LogP contribution in [-0.2, 0) is 16.0 Å². The number of nitrogens with zero attached hydrogens (tertiary/aromatic N) is 2. The summed E-state index contributed by atoms with van der Waals surface area (Å²) in [5, 5.41) is 0. The summed E-state index contributed by atoms with van der Waals surface area (Å²) < 4.78 is 17.3. The molecule has 0 unspecified atom stereocenters. The number of hydrogen-bond donors (Lipinski definition) is 0. The normalized spacial score (nSPS) is 30.0. The molecule has 0 aromatic carbocycles. The van der Waals surface area contributed by atoms with E-state index in [1.807, 2.05) is 12.3 Å². The number of rotatable bonds is 6. The van der Waals surface area contributed by atoms with Crippen LogP contribution in [0.25, 0.3) is 0 Å². The highest BCUT2D eigenvalue weighted by Crippen LogP contribution is 2.31. The fourth-order valence-electron chi connectivity index (χ4n) is 3.34. The van der Waals surface area contributed by atoms with Crippen molar-refractivity contribution >= 4 is 0 Å². The number of furan rings is 1. The van der Waals surface area contributed by atoms with E-state index in [-0.39, 0.29) is 12.2 Å². The fraction of sp³-hybridized carbons (Fsp3) is 0.750. The van der Waals surface area contributed by atoms with E-state index in [2.05, 4.69) is 23.9 Å². The molecular weight excluding hydrogens is 268 g/mol. The average molecular weight is 294 g/mol. The Bertz CT molecular complexity index is 421. The summed E-state index contributed by atoms with van der Waals surface area (Å²) in [5.74, 6) is 0. The van der Waals surface area contributed by atoms with Gasteiger partial charge in [-0.25, -0.2) is 0 Å². The summed E-state index contributed by atoms with van der Waals surface area (Å²) >= 11 is 0. The number of ether oxygens (including phenoxy) is 2. The molecule has 0 spiro atoms. The molecule has 1 aromatic rings. The van der Waals surface area contributed by atoms with Gasteiger partial charge in [-0.1, -0.05) is 0 Å². The Hall–Kier alpha value is -0.880. The van der Waals surface area contributed by atoms with Gasteiger partial charge in [-0.05, 0) is 33.0 Å². The summed E-state index contributed by atoms with van der Waals surface area (Å²) in [4.78, 5) is 4.65. The predicted octanol–water partition coefficient (Wildman–Crippen LogP) is 1.59. The summed E-state index contributed by atoms with van der Waals surface area (Å²) in [6.45, 7) is 4.47. The maximum Gasteiger partial charge on any atom is 0.100 e. The van der Waals surface area contributed by atoms with Crippen molar-refractivity contribution in [2.24, 2.45) is 0 Å². The van der Waals surface area contributed by atoms with Gasteiger partial charge in [0.1, 0.15) is 6.10 Å². The third-order valence-corrected chi connectivity index (χ3v) is 4.42. The van der Waals surface area contributed by atoms with Crippen LogP contribution in [-0.4, -0.2) is 68.4 Å². The molecule has 2 aliphatic heterocycles. The van der Waals surface area contributed by atoms with Crippen molar-refractivity contribution in [3.05, 3.63) is 24.2 Å². The average Bonchev–Trinajstić information content (AvgIpc) is 3.09. The van der Waals surface area contributed by atoms with Crippen LogP contribution in [0.1, 0.15) is 18.4 Å². The van der Waals surface area contributed by atoms with E-state index < -0.39 is 0 Å². The topological polar surface area (TPSA) is 38.1 Å². The van der Waals surface area contributed by atoms with Gasteiger partial charge in [0, 0.05) is 37.8 Å². The van der Waals surface area contributed by atoms with Crippen LogP contribution in [0.2, 0.25) is 0 Å². The van der Waals surface area contributed by atoms with Crippen molar-refractivity contribution in [1.29, 1.82) is 0 Å². The minimum Gasteiger partial charge on any atom is -0.472 e. The molecule has 3 rings (SSSR count). The van der Waals surface area contributed by atoms with Gasteiger partial charge >= 0.3 is 0 Å². The molecule has 2 saturated heterocycles. The molecular formula is C16H26N2O3. The smallest absolute Gasteiger partial charge is 0.100 e. The van der Waals surface area contributed by atoms with Gasteiger partial charge < -0.3 is 18.8 Å². The maximum atomic E-state index is 6.10. The molecule has 0 aliphatic carbocycles. The lowest BCUT2D eigenvalue weighted by molar-refractivity contribution is -0.0787. The molecule has 0 saturated carbocycles. The lowest BCUT2D eigenvalue weighted by Gasteiger charge is -2.32. The Labute approximate surface area is 126 Å². The van der Waals surface area contributed by atoms with Gasteiger partial charge in [-0.15, -0.1) is 0 Å². The van der Waals surface area contributed by atoms with Gasteiger partial charge in [-0.3, -0.25) is 4.90 Å². The molecule has 1 aromatic heterocycles. The first-order chi connectivity index (χ1) is 10.2. The van der Waals surface area contributed by atoms with Gasteiger partial charge in [0.2, 0.25) is 0 Å². The third-order valence-electron chi connectivity index (χ3n) is 4.42. The molecule has 2 fully saturated rings. The van der Waals surface area contributed by atoms with Crippen molar-refractivity contribution in [2.75, 3.05) is 40.4 Å². The highest BCUT2D eigenvalue weighted by molar-refractivity contribution is 5.08. The fourth-order valence-corrected chi connectivity index (χ4v) is 3.34. The molecule has 3 heterocycles. The number of likely N-dealkylation sites (tertiary alicyclic amines) is 1. The van der Waals surface area contributed by atoms with Crippen LogP contribution >= 0.6 is 0 Å². The molecule has 2 aliphatic rings. The molecule has 118 valence electrons. The maximum absolute atomic E-state index is 6.10. The van der Waals surface area contributed by atoms with E-state index in [1.165, 1.54) is 12.0 Å². The van der Waals surface area contributed by atoms with Crippen LogP contribution in [0.5, 0.6) is 0 Å². The summed E-state index contributed by atoms with van der Waals surface area (Å²) in [6.07, 6.45) is 6.35. The molecule has 0 N–H and O–H groups in total. The van der Waals surface area contributed by atoms with Crippen LogP contribution in [0, 0.1) is 0 Å². The SMILES string of the molecule is CN(C)CCO[C@@H]1CN(Cc2ccoc2)[C@H]2CCCO[C@@H]12. The monoisotopic (exact) mass is 294 g/mol. The lowest BCUT2D eigenvalue weighted by Crippen LogP contribution is -2.42. The minimum atomic E-state index is 0.196. The zero-order valence-electron chi connectivity index (χ0n) is 13.0. The van der Waals surface area contributed by atoms with E-state index >= 15 is 0 Å². The van der Waals surface area contributed by atoms with Crippen LogP contribution < -0.4 is 0 Å². The van der Waals surface area contributed by atoms with Gasteiger partial charge in [-0.2, -0.15) is 0 Å². The second-order valence-electron chi connectivity index (χ2n) is 6.32. The Morgan fingerprint density at radius 3 is 3.10 bits per heavy atom. The molecule has 21 heavy (non-hydrogen) atoms. The second-order valence-corrected chi connectivity index (χ2v) is 6.32. The van der Waals surface area contributed by atoms with Crippen molar-refractivity contribution < 1.29 is 13.9 Å². The number of fused-ring (bicyclic) bond motifs is 1. The molecule has 5 nitrogen and oxygen atoms in total. The standard InChI is InChI=1S/C16H26N2O3/c1-17(2)6-9-20-15-11-18(10-13-5-8-19-12-13)14-4-3-7-21-16(14)15/h5,8,12,14-16H,3-4,6-7,9-11H2,1-2H3/t14-,15+,16+/m0/s1. The summed E-state index contributed by atoms with van der Waals surface area (Å²) in [6, 6.07) is 2.52. The first-order valence-electron chi connectivity index (χ1n) is 7.87. The summed E-state index contributed by atoms with van der Waals surface area (Å²) in [5.41, 5.74) is 1.23. The van der Waals surface area contributed by atoms with Crippen molar-refractivity contribution in [1.82, 2.24) is 9.80 Å². The number of hydrogen-bond acceptors (Lipinski definition) is 5. The highest BCUT2D eigenvalue weighted by Gasteiger charge is 2.44. The first kappa shape index (κ1) is 15.0. The van der Waals surface area contributed by atoms with E-state index in [0.717, 1.165) is 39.3 Å². The summed E-state index contributed by atoms with van der Waals surface area (Å²) in [7, 11) is 4.15. The first-order valence-corrected chi connectivity index (χ1v) is 7.87. The van der Waals surface area contributed by atoms with Gasteiger partial charge in [0.25, 0.3) is 0 Å².